The molecular formula is C20H25N3O. The summed E-state index contributed by atoms with van der Waals surface area (Å²) in [6.07, 6.45) is 1.01. The zero-order valence-electron chi connectivity index (χ0n) is 14.2. The Balaban J connectivity index is 1.47. The van der Waals surface area contributed by atoms with Crippen LogP contribution >= 0.6 is 0 Å². The van der Waals surface area contributed by atoms with Crippen molar-refractivity contribution in [3.8, 4) is 0 Å². The lowest BCUT2D eigenvalue weighted by Crippen LogP contribution is -2.49. The third-order valence-corrected chi connectivity index (χ3v) is 4.52. The van der Waals surface area contributed by atoms with Crippen LogP contribution in [0.3, 0.4) is 0 Å². The zero-order chi connectivity index (χ0) is 16.8. The Labute approximate surface area is 144 Å². The van der Waals surface area contributed by atoms with Crippen molar-refractivity contribution >= 4 is 11.7 Å². The van der Waals surface area contributed by atoms with Gasteiger partial charge < -0.3 is 10.2 Å². The van der Waals surface area contributed by atoms with Gasteiger partial charge in [0, 0.05) is 38.4 Å². The van der Waals surface area contributed by atoms with E-state index in [1.165, 1.54) is 11.1 Å². The molecule has 1 aliphatic rings. The van der Waals surface area contributed by atoms with E-state index in [9.17, 15) is 4.79 Å². The van der Waals surface area contributed by atoms with E-state index < -0.39 is 0 Å². The molecule has 1 fully saturated rings. The van der Waals surface area contributed by atoms with Crippen molar-refractivity contribution in [2.75, 3.05) is 31.5 Å². The topological polar surface area (TPSA) is 35.6 Å². The normalized spacial score (nSPS) is 15.3. The van der Waals surface area contributed by atoms with Crippen LogP contribution in [-0.2, 0) is 13.0 Å². The summed E-state index contributed by atoms with van der Waals surface area (Å²) in [6, 6.07) is 18.6. The predicted octanol–water partition coefficient (Wildman–Crippen LogP) is 3.60. The maximum absolute atomic E-state index is 12.4. The second-order valence-electron chi connectivity index (χ2n) is 6.23. The maximum atomic E-state index is 12.4. The van der Waals surface area contributed by atoms with Gasteiger partial charge in [-0.1, -0.05) is 49.4 Å². The molecule has 24 heavy (non-hydrogen) atoms. The zero-order valence-corrected chi connectivity index (χ0v) is 14.2. The SMILES string of the molecule is CCc1ccc(NC(=O)N2CCN(Cc3ccccc3)CC2)cc1. The first-order valence-electron chi connectivity index (χ1n) is 8.66. The van der Waals surface area contributed by atoms with E-state index in [2.05, 4.69) is 53.5 Å². The molecule has 4 nitrogen and oxygen atoms in total. The number of piperazine rings is 1. The van der Waals surface area contributed by atoms with Crippen LogP contribution in [0.5, 0.6) is 0 Å². The molecule has 1 N–H and O–H groups in total. The van der Waals surface area contributed by atoms with Crippen molar-refractivity contribution < 1.29 is 4.79 Å². The van der Waals surface area contributed by atoms with Crippen LogP contribution in [0.1, 0.15) is 18.1 Å². The third kappa shape index (κ3) is 4.36. The van der Waals surface area contributed by atoms with Gasteiger partial charge in [0.15, 0.2) is 0 Å². The fourth-order valence-corrected chi connectivity index (χ4v) is 2.98. The van der Waals surface area contributed by atoms with E-state index in [-0.39, 0.29) is 6.03 Å². The van der Waals surface area contributed by atoms with Gasteiger partial charge in [-0.25, -0.2) is 4.79 Å². The lowest BCUT2D eigenvalue weighted by Gasteiger charge is -2.34. The van der Waals surface area contributed by atoms with Gasteiger partial charge in [0.1, 0.15) is 0 Å². The summed E-state index contributed by atoms with van der Waals surface area (Å²) in [4.78, 5) is 16.7. The summed E-state index contributed by atoms with van der Waals surface area (Å²) >= 11 is 0. The minimum absolute atomic E-state index is 0.00129. The number of rotatable bonds is 4. The van der Waals surface area contributed by atoms with Gasteiger partial charge >= 0.3 is 6.03 Å². The van der Waals surface area contributed by atoms with Gasteiger partial charge in [0.05, 0.1) is 0 Å². The molecule has 0 spiro atoms. The highest BCUT2D eigenvalue weighted by molar-refractivity contribution is 5.89. The number of hydrogen-bond donors (Lipinski definition) is 1. The average Bonchev–Trinajstić information content (AvgIpc) is 2.64. The largest absolute Gasteiger partial charge is 0.322 e. The van der Waals surface area contributed by atoms with Crippen molar-refractivity contribution in [2.24, 2.45) is 0 Å². The Morgan fingerprint density at radius 3 is 2.21 bits per heavy atom. The fourth-order valence-electron chi connectivity index (χ4n) is 2.98. The molecule has 2 aromatic carbocycles. The highest BCUT2D eigenvalue weighted by Crippen LogP contribution is 2.13. The number of nitrogens with zero attached hydrogens (tertiary/aromatic N) is 2. The molecule has 0 radical (unpaired) electrons. The van der Waals surface area contributed by atoms with Crippen LogP contribution in [0.2, 0.25) is 0 Å². The van der Waals surface area contributed by atoms with Gasteiger partial charge in [-0.05, 0) is 29.7 Å². The molecule has 0 bridgehead atoms. The summed E-state index contributed by atoms with van der Waals surface area (Å²) in [6.45, 7) is 6.45. The molecule has 126 valence electrons. The molecule has 3 rings (SSSR count). The maximum Gasteiger partial charge on any atom is 0.321 e. The van der Waals surface area contributed by atoms with Gasteiger partial charge in [0.25, 0.3) is 0 Å². The smallest absolute Gasteiger partial charge is 0.321 e. The van der Waals surface area contributed by atoms with E-state index in [0.717, 1.165) is 44.8 Å². The molecule has 0 aliphatic carbocycles. The Hall–Kier alpha value is -2.33. The number of nitrogens with one attached hydrogen (secondary N) is 1. The molecule has 2 amide bonds. The number of urea groups is 1. The summed E-state index contributed by atoms with van der Waals surface area (Å²) in [7, 11) is 0. The first-order valence-corrected chi connectivity index (χ1v) is 8.66. The number of benzene rings is 2. The number of amides is 2. The number of anilines is 1. The van der Waals surface area contributed by atoms with Gasteiger partial charge in [-0.3, -0.25) is 4.90 Å². The van der Waals surface area contributed by atoms with Crippen molar-refractivity contribution in [3.63, 3.8) is 0 Å². The van der Waals surface area contributed by atoms with Gasteiger partial charge in [-0.2, -0.15) is 0 Å². The second kappa shape index (κ2) is 7.97. The van der Waals surface area contributed by atoms with Gasteiger partial charge in [0.2, 0.25) is 0 Å². The van der Waals surface area contributed by atoms with E-state index in [1.54, 1.807) is 0 Å². The van der Waals surface area contributed by atoms with Crippen molar-refractivity contribution in [1.29, 1.82) is 0 Å². The first-order chi connectivity index (χ1) is 11.7. The molecule has 1 heterocycles. The number of aryl methyl sites for hydroxylation is 1. The monoisotopic (exact) mass is 323 g/mol. The van der Waals surface area contributed by atoms with Crippen molar-refractivity contribution in [3.05, 3.63) is 65.7 Å². The number of carbonyl (C=O) groups excluding carboxylic acids is 1. The van der Waals surface area contributed by atoms with E-state index in [1.807, 2.05) is 23.1 Å². The molecule has 0 saturated carbocycles. The van der Waals surface area contributed by atoms with Crippen LogP contribution in [0.15, 0.2) is 54.6 Å². The standard InChI is InChI=1S/C20H25N3O/c1-2-17-8-10-19(11-9-17)21-20(24)23-14-12-22(13-15-23)16-18-6-4-3-5-7-18/h3-11H,2,12-16H2,1H3,(H,21,24). The Morgan fingerprint density at radius 2 is 1.58 bits per heavy atom. The van der Waals surface area contributed by atoms with E-state index in [0.29, 0.717) is 0 Å². The molecule has 4 heteroatoms. The van der Waals surface area contributed by atoms with Crippen LogP contribution in [0.4, 0.5) is 10.5 Å². The fraction of sp³-hybridized carbons (Fsp3) is 0.350. The van der Waals surface area contributed by atoms with Crippen LogP contribution in [-0.4, -0.2) is 42.0 Å². The summed E-state index contributed by atoms with van der Waals surface area (Å²) in [5.41, 5.74) is 3.47. The molecule has 2 aromatic rings. The molecule has 0 atom stereocenters. The van der Waals surface area contributed by atoms with E-state index in [4.69, 9.17) is 0 Å². The highest BCUT2D eigenvalue weighted by Gasteiger charge is 2.21. The minimum Gasteiger partial charge on any atom is -0.322 e. The van der Waals surface area contributed by atoms with Crippen molar-refractivity contribution in [2.45, 2.75) is 19.9 Å². The average molecular weight is 323 g/mol. The Kier molecular flexibility index (Phi) is 5.49. The summed E-state index contributed by atoms with van der Waals surface area (Å²) < 4.78 is 0. The molecule has 1 saturated heterocycles. The molecule has 1 aliphatic heterocycles. The summed E-state index contributed by atoms with van der Waals surface area (Å²) in [5.74, 6) is 0. The first kappa shape index (κ1) is 16.5. The Morgan fingerprint density at radius 1 is 0.917 bits per heavy atom. The lowest BCUT2D eigenvalue weighted by molar-refractivity contribution is 0.143. The van der Waals surface area contributed by atoms with Crippen LogP contribution < -0.4 is 5.32 Å². The van der Waals surface area contributed by atoms with Crippen LogP contribution in [0, 0.1) is 0 Å². The second-order valence-corrected chi connectivity index (χ2v) is 6.23. The van der Waals surface area contributed by atoms with Gasteiger partial charge in [-0.15, -0.1) is 0 Å². The lowest BCUT2D eigenvalue weighted by atomic mass is 10.1. The Bertz CT molecular complexity index is 646. The predicted molar refractivity (Wildman–Crippen MR) is 98.1 cm³/mol. The number of hydrogen-bond acceptors (Lipinski definition) is 2. The third-order valence-electron chi connectivity index (χ3n) is 4.52. The van der Waals surface area contributed by atoms with Crippen molar-refractivity contribution in [1.82, 2.24) is 9.80 Å². The molecule has 0 aromatic heterocycles. The van der Waals surface area contributed by atoms with E-state index >= 15 is 0 Å². The minimum atomic E-state index is -0.00129. The van der Waals surface area contributed by atoms with Crippen LogP contribution in [0.25, 0.3) is 0 Å². The highest BCUT2D eigenvalue weighted by atomic mass is 16.2. The molecular weight excluding hydrogens is 298 g/mol. The quantitative estimate of drug-likeness (QED) is 0.933. The number of carbonyl (C=O) groups is 1. The summed E-state index contributed by atoms with van der Waals surface area (Å²) in [5, 5.41) is 3.00. The molecule has 0 unspecified atom stereocenters.